The first-order chi connectivity index (χ1) is 16.6. The zero-order valence-electron chi connectivity index (χ0n) is 19.0. The van der Waals surface area contributed by atoms with E-state index in [2.05, 4.69) is 15.1 Å². The molecule has 8 nitrogen and oxygen atoms in total. The van der Waals surface area contributed by atoms with Crippen LogP contribution in [0.15, 0.2) is 46.1 Å². The Hall–Kier alpha value is -3.16. The molecule has 3 aromatic rings. The number of rotatable bonds is 11. The molecule has 0 bridgehead atoms. The van der Waals surface area contributed by atoms with Crippen LogP contribution < -0.4 is 9.79 Å². The molecule has 1 aromatic heterocycles. The number of hydrogen-bond acceptors (Lipinski definition) is 8. The Labute approximate surface area is 205 Å². The number of carbonyl (C=O) groups excluding carboxylic acids is 1. The molecule has 0 saturated heterocycles. The van der Waals surface area contributed by atoms with E-state index in [1.807, 2.05) is 25.8 Å². The number of anilines is 2. The van der Waals surface area contributed by atoms with Gasteiger partial charge in [-0.25, -0.2) is 18.2 Å². The molecule has 35 heavy (non-hydrogen) atoms. The SMILES string of the molecule is CC(C)N(C)Cc1cccc(F)c1CNc1cc(F)c(S(=O)(=O)N(OC=O)c2cscn2)c(F)c1. The number of carbonyl (C=O) groups is 1. The highest BCUT2D eigenvalue weighted by atomic mass is 32.2. The summed E-state index contributed by atoms with van der Waals surface area (Å²) in [5.41, 5.74) is 2.15. The zero-order valence-corrected chi connectivity index (χ0v) is 20.7. The van der Waals surface area contributed by atoms with E-state index in [9.17, 15) is 26.4 Å². The molecule has 0 amide bonds. The summed E-state index contributed by atoms with van der Waals surface area (Å²) in [6.07, 6.45) is 0. The van der Waals surface area contributed by atoms with Crippen LogP contribution in [0.5, 0.6) is 0 Å². The lowest BCUT2D eigenvalue weighted by Gasteiger charge is -2.23. The Morgan fingerprint density at radius 2 is 1.86 bits per heavy atom. The van der Waals surface area contributed by atoms with E-state index >= 15 is 0 Å². The van der Waals surface area contributed by atoms with Crippen molar-refractivity contribution in [3.05, 3.63) is 69.8 Å². The first kappa shape index (κ1) is 26.4. The van der Waals surface area contributed by atoms with Crippen LogP contribution in [-0.4, -0.2) is 37.9 Å². The van der Waals surface area contributed by atoms with Gasteiger partial charge in [-0.15, -0.1) is 11.3 Å². The zero-order chi connectivity index (χ0) is 25.8. The maximum atomic E-state index is 14.9. The van der Waals surface area contributed by atoms with Gasteiger partial charge in [0.25, 0.3) is 0 Å². The summed E-state index contributed by atoms with van der Waals surface area (Å²) in [5.74, 6) is -3.70. The average Bonchev–Trinajstić information content (AvgIpc) is 3.30. The van der Waals surface area contributed by atoms with E-state index in [0.29, 0.717) is 17.7 Å². The molecule has 13 heteroatoms. The smallest absolute Gasteiger partial charge is 0.322 e. The van der Waals surface area contributed by atoms with E-state index in [1.165, 1.54) is 17.0 Å². The highest BCUT2D eigenvalue weighted by molar-refractivity contribution is 7.92. The summed E-state index contributed by atoms with van der Waals surface area (Å²) in [7, 11) is -3.10. The monoisotopic (exact) mass is 528 g/mol. The first-order valence-electron chi connectivity index (χ1n) is 10.3. The molecule has 0 spiro atoms. The predicted octanol–water partition coefficient (Wildman–Crippen LogP) is 4.30. The van der Waals surface area contributed by atoms with Crippen LogP contribution in [0, 0.1) is 17.5 Å². The Balaban J connectivity index is 1.89. The number of hydrogen-bond donors (Lipinski definition) is 1. The Bertz CT molecular complexity index is 1260. The largest absolute Gasteiger partial charge is 0.381 e. The normalized spacial score (nSPS) is 11.7. The highest BCUT2D eigenvalue weighted by Crippen LogP contribution is 2.30. The van der Waals surface area contributed by atoms with Crippen molar-refractivity contribution in [2.45, 2.75) is 37.9 Å². The fraction of sp³-hybridized carbons (Fsp3) is 0.273. The van der Waals surface area contributed by atoms with E-state index in [0.717, 1.165) is 23.5 Å². The van der Waals surface area contributed by atoms with E-state index in [-0.39, 0.29) is 35.0 Å². The Morgan fingerprint density at radius 3 is 2.43 bits per heavy atom. The summed E-state index contributed by atoms with van der Waals surface area (Å²) in [4.78, 5) is 19.6. The number of benzene rings is 2. The van der Waals surface area contributed by atoms with Gasteiger partial charge in [0.2, 0.25) is 0 Å². The minimum atomic E-state index is -4.99. The van der Waals surface area contributed by atoms with Gasteiger partial charge in [0.05, 0.1) is 5.51 Å². The molecule has 2 aromatic carbocycles. The third-order valence-electron chi connectivity index (χ3n) is 5.21. The standard InChI is InChI=1S/C22H23F3N4O4S2/c1-14(2)28(3)10-15-5-4-6-18(23)17(15)9-26-16-7-19(24)22(20(25)8-16)35(31,32)29(33-13-30)21-11-34-12-27-21/h4-8,11-14,26H,9-10H2,1-3H3. The van der Waals surface area contributed by atoms with Gasteiger partial charge in [-0.3, -0.25) is 9.69 Å². The topological polar surface area (TPSA) is 91.8 Å². The molecular formula is C22H23F3N4O4S2. The number of nitrogens with zero attached hydrogens (tertiary/aromatic N) is 3. The Morgan fingerprint density at radius 1 is 1.17 bits per heavy atom. The maximum Gasteiger partial charge on any atom is 0.322 e. The molecule has 0 aliphatic rings. The van der Waals surface area contributed by atoms with E-state index < -0.39 is 32.4 Å². The summed E-state index contributed by atoms with van der Waals surface area (Å²) in [6.45, 7) is 4.14. The van der Waals surface area contributed by atoms with Gasteiger partial charge in [-0.05, 0) is 44.7 Å². The van der Waals surface area contributed by atoms with Crippen LogP contribution in [0.25, 0.3) is 0 Å². The molecule has 188 valence electrons. The lowest BCUT2D eigenvalue weighted by atomic mass is 10.1. The van der Waals surface area contributed by atoms with Crippen molar-refractivity contribution in [1.29, 1.82) is 0 Å². The van der Waals surface area contributed by atoms with Gasteiger partial charge in [-0.1, -0.05) is 16.6 Å². The summed E-state index contributed by atoms with van der Waals surface area (Å²) in [6, 6.07) is 6.36. The van der Waals surface area contributed by atoms with Crippen molar-refractivity contribution < 1.29 is 31.2 Å². The molecule has 0 aliphatic heterocycles. The van der Waals surface area contributed by atoms with Crippen LogP contribution in [0.2, 0.25) is 0 Å². The van der Waals surface area contributed by atoms with Crippen molar-refractivity contribution in [1.82, 2.24) is 9.88 Å². The first-order valence-corrected chi connectivity index (χ1v) is 12.7. The molecule has 0 aliphatic carbocycles. The third-order valence-corrected chi connectivity index (χ3v) is 7.40. The third kappa shape index (κ3) is 5.92. The fourth-order valence-corrected chi connectivity index (χ4v) is 5.00. The van der Waals surface area contributed by atoms with Crippen molar-refractivity contribution in [2.24, 2.45) is 0 Å². The van der Waals surface area contributed by atoms with Gasteiger partial charge in [0.15, 0.2) is 10.7 Å². The van der Waals surface area contributed by atoms with E-state index in [1.54, 1.807) is 12.1 Å². The van der Waals surface area contributed by atoms with Gasteiger partial charge >= 0.3 is 16.5 Å². The van der Waals surface area contributed by atoms with Gasteiger partial charge < -0.3 is 10.2 Å². The van der Waals surface area contributed by atoms with Gasteiger partial charge in [0.1, 0.15) is 17.5 Å². The Kier molecular flexibility index (Phi) is 8.35. The van der Waals surface area contributed by atoms with E-state index in [4.69, 9.17) is 0 Å². The van der Waals surface area contributed by atoms with Crippen molar-refractivity contribution >= 4 is 39.3 Å². The highest BCUT2D eigenvalue weighted by Gasteiger charge is 2.34. The molecular weight excluding hydrogens is 505 g/mol. The van der Waals surface area contributed by atoms with Crippen molar-refractivity contribution in [3.8, 4) is 0 Å². The fourth-order valence-electron chi connectivity index (χ4n) is 3.15. The number of sulfonamides is 1. The van der Waals surface area contributed by atoms with Crippen LogP contribution in [0.4, 0.5) is 24.7 Å². The van der Waals surface area contributed by atoms with Crippen molar-refractivity contribution in [2.75, 3.05) is 16.8 Å². The maximum absolute atomic E-state index is 14.9. The molecule has 0 saturated carbocycles. The predicted molar refractivity (Wildman–Crippen MR) is 126 cm³/mol. The second kappa shape index (κ2) is 11.1. The molecule has 0 fully saturated rings. The average molecular weight is 529 g/mol. The molecule has 1 heterocycles. The summed E-state index contributed by atoms with van der Waals surface area (Å²) < 4.78 is 70.0. The number of nitrogens with one attached hydrogen (secondary N) is 1. The lowest BCUT2D eigenvalue weighted by Crippen LogP contribution is -2.32. The van der Waals surface area contributed by atoms with Crippen LogP contribution >= 0.6 is 11.3 Å². The van der Waals surface area contributed by atoms with Gasteiger partial charge in [0, 0.05) is 35.8 Å². The number of halogens is 3. The summed E-state index contributed by atoms with van der Waals surface area (Å²) in [5, 5.41) is 3.96. The van der Waals surface area contributed by atoms with Crippen LogP contribution in [0.1, 0.15) is 25.0 Å². The lowest BCUT2D eigenvalue weighted by molar-refractivity contribution is -0.128. The number of thiazole rings is 1. The van der Waals surface area contributed by atoms with Crippen LogP contribution in [-0.2, 0) is 32.7 Å². The molecule has 3 rings (SSSR count). The van der Waals surface area contributed by atoms with Crippen molar-refractivity contribution in [3.63, 3.8) is 0 Å². The molecule has 0 atom stereocenters. The van der Waals surface area contributed by atoms with Gasteiger partial charge in [-0.2, -0.15) is 8.42 Å². The minimum Gasteiger partial charge on any atom is -0.381 e. The second-order valence-corrected chi connectivity index (χ2v) is 10.2. The minimum absolute atomic E-state index is 0.0297. The molecule has 0 unspecified atom stereocenters. The number of aromatic nitrogens is 1. The summed E-state index contributed by atoms with van der Waals surface area (Å²) >= 11 is 0.983. The van der Waals surface area contributed by atoms with Crippen LogP contribution in [0.3, 0.4) is 0 Å². The molecule has 0 radical (unpaired) electrons. The quantitative estimate of drug-likeness (QED) is 0.293. The second-order valence-electron chi connectivity index (χ2n) is 7.79. The molecule has 1 N–H and O–H groups in total.